The molecule has 0 saturated carbocycles. The number of hydrogen-bond donors (Lipinski definition) is 0. The van der Waals surface area contributed by atoms with Crippen LogP contribution in [-0.4, -0.2) is 38.1 Å². The van der Waals surface area contributed by atoms with Gasteiger partial charge in [0.2, 0.25) is 0 Å². The second kappa shape index (κ2) is 7.25. The number of alkyl halides is 1. The van der Waals surface area contributed by atoms with Gasteiger partial charge in [-0.2, -0.15) is 5.10 Å². The highest BCUT2D eigenvalue weighted by atomic mass is 35.5. The van der Waals surface area contributed by atoms with Gasteiger partial charge in [-0.05, 0) is 31.7 Å². The molecule has 1 saturated heterocycles. The summed E-state index contributed by atoms with van der Waals surface area (Å²) in [7, 11) is 0. The molecule has 1 atom stereocenters. The molecule has 1 unspecified atom stereocenters. The molecule has 1 aromatic rings. The summed E-state index contributed by atoms with van der Waals surface area (Å²) in [6.45, 7) is 7.44. The van der Waals surface area contributed by atoms with Gasteiger partial charge in [-0.3, -0.25) is 4.90 Å². The molecule has 19 heavy (non-hydrogen) atoms. The molecule has 2 heterocycles. The maximum Gasteiger partial charge on any atom is 0.141 e. The van der Waals surface area contributed by atoms with Crippen molar-refractivity contribution >= 4 is 11.6 Å². The van der Waals surface area contributed by atoms with Crippen LogP contribution >= 0.6 is 11.6 Å². The zero-order valence-electron chi connectivity index (χ0n) is 12.1. The molecule has 0 amide bonds. The molecule has 2 rings (SSSR count). The van der Waals surface area contributed by atoms with Gasteiger partial charge in [0.25, 0.3) is 0 Å². The van der Waals surface area contributed by atoms with Crippen molar-refractivity contribution in [1.29, 1.82) is 0 Å². The minimum atomic E-state index is 0.598. The second-order valence-electron chi connectivity index (χ2n) is 5.85. The van der Waals surface area contributed by atoms with Crippen LogP contribution in [0.2, 0.25) is 0 Å². The first-order valence-corrected chi connectivity index (χ1v) is 7.91. The fourth-order valence-electron chi connectivity index (χ4n) is 2.81. The lowest BCUT2D eigenvalue weighted by atomic mass is 10.00. The van der Waals surface area contributed by atoms with Crippen LogP contribution in [0.5, 0.6) is 0 Å². The number of likely N-dealkylation sites (tertiary alicyclic amines) is 1. The van der Waals surface area contributed by atoms with E-state index >= 15 is 0 Å². The fraction of sp³-hybridized carbons (Fsp3) is 0.857. The van der Waals surface area contributed by atoms with E-state index in [4.69, 9.17) is 11.6 Å². The molecular formula is C14H25ClN4. The number of aromatic nitrogens is 3. The zero-order chi connectivity index (χ0) is 13.7. The molecule has 0 aliphatic carbocycles. The molecule has 5 heteroatoms. The zero-order valence-corrected chi connectivity index (χ0v) is 12.8. The SMILES string of the molecule is CC(C)Cn1ncnc1CN1CCCCC1CCCl. The lowest BCUT2D eigenvalue weighted by molar-refractivity contribution is 0.130. The Morgan fingerprint density at radius 1 is 1.42 bits per heavy atom. The van der Waals surface area contributed by atoms with Crippen LogP contribution in [0.25, 0.3) is 0 Å². The number of nitrogens with zero attached hydrogens (tertiary/aromatic N) is 4. The van der Waals surface area contributed by atoms with Gasteiger partial charge in [0, 0.05) is 18.5 Å². The lowest BCUT2D eigenvalue weighted by Crippen LogP contribution is -2.40. The van der Waals surface area contributed by atoms with E-state index in [0.717, 1.165) is 37.8 Å². The van der Waals surface area contributed by atoms with E-state index in [0.29, 0.717) is 12.0 Å². The van der Waals surface area contributed by atoms with Crippen molar-refractivity contribution in [1.82, 2.24) is 19.7 Å². The third-order valence-electron chi connectivity index (χ3n) is 3.77. The van der Waals surface area contributed by atoms with Gasteiger partial charge >= 0.3 is 0 Å². The molecule has 108 valence electrons. The fourth-order valence-corrected chi connectivity index (χ4v) is 3.06. The molecule has 0 spiro atoms. The van der Waals surface area contributed by atoms with Gasteiger partial charge in [-0.15, -0.1) is 11.6 Å². The van der Waals surface area contributed by atoms with Crippen molar-refractivity contribution in [2.75, 3.05) is 12.4 Å². The quantitative estimate of drug-likeness (QED) is 0.753. The summed E-state index contributed by atoms with van der Waals surface area (Å²) in [5, 5.41) is 4.35. The van der Waals surface area contributed by atoms with Gasteiger partial charge in [-0.1, -0.05) is 20.3 Å². The summed E-state index contributed by atoms with van der Waals surface area (Å²) >= 11 is 5.92. The third kappa shape index (κ3) is 4.18. The van der Waals surface area contributed by atoms with E-state index in [-0.39, 0.29) is 0 Å². The van der Waals surface area contributed by atoms with Crippen molar-refractivity contribution in [3.63, 3.8) is 0 Å². The third-order valence-corrected chi connectivity index (χ3v) is 3.99. The minimum absolute atomic E-state index is 0.598. The van der Waals surface area contributed by atoms with Crippen molar-refractivity contribution in [2.24, 2.45) is 5.92 Å². The summed E-state index contributed by atoms with van der Waals surface area (Å²) < 4.78 is 2.05. The molecule has 1 aliphatic heterocycles. The summed E-state index contributed by atoms with van der Waals surface area (Å²) in [6.07, 6.45) is 6.65. The highest BCUT2D eigenvalue weighted by molar-refractivity contribution is 6.17. The van der Waals surface area contributed by atoms with Crippen LogP contribution in [0.4, 0.5) is 0 Å². The Morgan fingerprint density at radius 3 is 3.00 bits per heavy atom. The molecular weight excluding hydrogens is 260 g/mol. The molecule has 0 aromatic carbocycles. The molecule has 1 fully saturated rings. The highest BCUT2D eigenvalue weighted by Crippen LogP contribution is 2.21. The average Bonchev–Trinajstić information content (AvgIpc) is 2.79. The van der Waals surface area contributed by atoms with Crippen LogP contribution < -0.4 is 0 Å². The van der Waals surface area contributed by atoms with Crippen molar-refractivity contribution in [3.8, 4) is 0 Å². The number of hydrogen-bond acceptors (Lipinski definition) is 3. The van der Waals surface area contributed by atoms with Crippen molar-refractivity contribution in [2.45, 2.75) is 58.7 Å². The lowest BCUT2D eigenvalue weighted by Gasteiger charge is -2.35. The van der Waals surface area contributed by atoms with Gasteiger partial charge in [0.1, 0.15) is 12.2 Å². The van der Waals surface area contributed by atoms with E-state index < -0.39 is 0 Å². The molecule has 0 bridgehead atoms. The number of rotatable bonds is 6. The number of piperidine rings is 1. The predicted molar refractivity (Wildman–Crippen MR) is 78.2 cm³/mol. The first kappa shape index (κ1) is 14.8. The summed E-state index contributed by atoms with van der Waals surface area (Å²) in [6, 6.07) is 0.621. The van der Waals surface area contributed by atoms with Crippen LogP contribution in [0.15, 0.2) is 6.33 Å². The van der Waals surface area contributed by atoms with Crippen molar-refractivity contribution in [3.05, 3.63) is 12.2 Å². The Balaban J connectivity index is 2.00. The maximum absolute atomic E-state index is 5.92. The predicted octanol–water partition coefficient (Wildman–Crippen LogP) is 2.92. The molecule has 4 nitrogen and oxygen atoms in total. The van der Waals surface area contributed by atoms with E-state index in [1.807, 2.05) is 0 Å². The van der Waals surface area contributed by atoms with Gasteiger partial charge in [0.15, 0.2) is 0 Å². The monoisotopic (exact) mass is 284 g/mol. The first-order valence-electron chi connectivity index (χ1n) is 7.37. The van der Waals surface area contributed by atoms with Crippen LogP contribution in [0, 0.1) is 5.92 Å². The standard InChI is InChI=1S/C14H25ClN4/c1-12(2)9-19-14(16-11-17-19)10-18-8-4-3-5-13(18)6-7-15/h11-13H,3-10H2,1-2H3. The normalized spacial score (nSPS) is 21.2. The average molecular weight is 285 g/mol. The number of halogens is 1. The first-order chi connectivity index (χ1) is 9.20. The Morgan fingerprint density at radius 2 is 2.26 bits per heavy atom. The summed E-state index contributed by atoms with van der Waals surface area (Å²) in [5.74, 6) is 2.44. The Bertz CT molecular complexity index is 375. The van der Waals surface area contributed by atoms with E-state index in [9.17, 15) is 0 Å². The largest absolute Gasteiger partial charge is 0.293 e. The van der Waals surface area contributed by atoms with E-state index in [1.54, 1.807) is 6.33 Å². The van der Waals surface area contributed by atoms with Crippen LogP contribution in [0.1, 0.15) is 45.4 Å². The van der Waals surface area contributed by atoms with Crippen LogP contribution in [0.3, 0.4) is 0 Å². The summed E-state index contributed by atoms with van der Waals surface area (Å²) in [4.78, 5) is 6.97. The molecule has 0 N–H and O–H groups in total. The molecule has 0 radical (unpaired) electrons. The van der Waals surface area contributed by atoms with Crippen molar-refractivity contribution < 1.29 is 0 Å². The molecule has 1 aromatic heterocycles. The van der Waals surface area contributed by atoms with Gasteiger partial charge in [0.05, 0.1) is 6.54 Å². The smallest absolute Gasteiger partial charge is 0.141 e. The minimum Gasteiger partial charge on any atom is -0.293 e. The highest BCUT2D eigenvalue weighted by Gasteiger charge is 2.23. The second-order valence-corrected chi connectivity index (χ2v) is 6.23. The van der Waals surface area contributed by atoms with E-state index in [2.05, 4.69) is 33.5 Å². The Hall–Kier alpha value is -0.610. The topological polar surface area (TPSA) is 34.0 Å². The molecule has 1 aliphatic rings. The Kier molecular flexibility index (Phi) is 5.64. The Labute approximate surface area is 121 Å². The maximum atomic E-state index is 5.92. The van der Waals surface area contributed by atoms with Crippen LogP contribution in [-0.2, 0) is 13.1 Å². The van der Waals surface area contributed by atoms with Gasteiger partial charge < -0.3 is 0 Å². The van der Waals surface area contributed by atoms with E-state index in [1.165, 1.54) is 19.3 Å². The summed E-state index contributed by atoms with van der Waals surface area (Å²) in [5.41, 5.74) is 0. The van der Waals surface area contributed by atoms with Gasteiger partial charge in [-0.25, -0.2) is 9.67 Å².